The smallest absolute Gasteiger partial charge is 0.477 e. The van der Waals surface area contributed by atoms with E-state index in [4.69, 9.17) is 34.1 Å². The van der Waals surface area contributed by atoms with Gasteiger partial charge >= 0.3 is 6.16 Å². The van der Waals surface area contributed by atoms with Gasteiger partial charge < -0.3 is 24.4 Å². The molecule has 210 valence electrons. The van der Waals surface area contributed by atoms with Crippen molar-refractivity contribution in [3.05, 3.63) is 54.2 Å². The molecule has 6 rings (SSSR count). The Labute approximate surface area is 241 Å². The summed E-state index contributed by atoms with van der Waals surface area (Å²) < 4.78 is 16.8. The third-order valence-electron chi connectivity index (χ3n) is 6.79. The number of hydrogen-bond acceptors (Lipinski definition) is 11. The number of piperazine rings is 1. The highest BCUT2D eigenvalue weighted by molar-refractivity contribution is 7.25. The summed E-state index contributed by atoms with van der Waals surface area (Å²) in [5.74, 6) is 2.36. The van der Waals surface area contributed by atoms with E-state index in [1.165, 1.54) is 11.3 Å². The number of anilines is 1. The second kappa shape index (κ2) is 11.6. The number of carbonyl (C=O) groups is 1. The number of aromatic nitrogens is 4. The van der Waals surface area contributed by atoms with Crippen molar-refractivity contribution in [3.63, 3.8) is 0 Å². The third-order valence-corrected chi connectivity index (χ3v) is 7.85. The van der Waals surface area contributed by atoms with Crippen LogP contribution in [0.15, 0.2) is 48.5 Å². The molecule has 0 radical (unpaired) electrons. The van der Waals surface area contributed by atoms with Crippen molar-refractivity contribution in [3.8, 4) is 34.1 Å². The minimum atomic E-state index is -0.711. The molecule has 2 aromatic carbocycles. The van der Waals surface area contributed by atoms with E-state index >= 15 is 0 Å². The summed E-state index contributed by atoms with van der Waals surface area (Å²) in [6.45, 7) is 9.97. The average molecular weight is 571 g/mol. The molecule has 1 saturated heterocycles. The number of nitrogens with one attached hydrogen (secondary N) is 1. The van der Waals surface area contributed by atoms with E-state index < -0.39 is 6.16 Å². The first kappa shape index (κ1) is 26.9. The van der Waals surface area contributed by atoms with Crippen LogP contribution in [0.2, 0.25) is 0 Å². The number of nitrogens with zero attached hydrogens (tertiary/aromatic N) is 5. The van der Waals surface area contributed by atoms with Gasteiger partial charge in [0.25, 0.3) is 0 Å². The number of fused-ring (bicyclic) bond motifs is 3. The van der Waals surface area contributed by atoms with Crippen LogP contribution in [0.5, 0.6) is 11.6 Å². The maximum atomic E-state index is 11.6. The molecule has 0 saturated carbocycles. The van der Waals surface area contributed by atoms with E-state index in [-0.39, 0.29) is 6.61 Å². The standard InChI is InChI=1S/C30H30N6O4S/c1-4-38-27-25-24(33-29(35-27)36-16-14-31-15-17-36)23-18(3)32-26(34-28(23)41-25)21-8-6-19(7-9-21)20-10-12-22(13-11-20)40-30(37)39-5-2/h6-13,31H,4-5,14-17H2,1-3H3. The van der Waals surface area contributed by atoms with Crippen molar-refractivity contribution < 1.29 is 19.0 Å². The minimum absolute atomic E-state index is 0.266. The number of rotatable bonds is 7. The number of hydrogen-bond donors (Lipinski definition) is 1. The topological polar surface area (TPSA) is 112 Å². The van der Waals surface area contributed by atoms with Gasteiger partial charge in [-0.25, -0.2) is 19.7 Å². The van der Waals surface area contributed by atoms with E-state index in [1.54, 1.807) is 19.1 Å². The fraction of sp³-hybridized carbons (Fsp3) is 0.300. The predicted octanol–water partition coefficient (Wildman–Crippen LogP) is 5.62. The molecule has 1 aliphatic heterocycles. The normalized spacial score (nSPS) is 13.5. The summed E-state index contributed by atoms with van der Waals surface area (Å²) in [5, 5.41) is 4.31. The zero-order chi connectivity index (χ0) is 28.3. The Kier molecular flexibility index (Phi) is 7.62. The van der Waals surface area contributed by atoms with Crippen LogP contribution in [0.1, 0.15) is 19.5 Å². The molecule has 10 nitrogen and oxygen atoms in total. The van der Waals surface area contributed by atoms with E-state index in [2.05, 4.69) is 10.2 Å². The lowest BCUT2D eigenvalue weighted by atomic mass is 10.0. The Morgan fingerprint density at radius 1 is 0.902 bits per heavy atom. The van der Waals surface area contributed by atoms with Crippen molar-refractivity contribution >= 4 is 43.9 Å². The quantitative estimate of drug-likeness (QED) is 0.195. The van der Waals surface area contributed by atoms with Crippen molar-refractivity contribution in [2.24, 2.45) is 0 Å². The SMILES string of the molecule is CCOC(=O)Oc1ccc(-c2ccc(-c3nc(C)c4c(n3)sc3c(OCC)nc(N5CCNCC5)nc34)cc2)cc1. The van der Waals surface area contributed by atoms with Gasteiger partial charge in [0.1, 0.15) is 20.8 Å². The molecular weight excluding hydrogens is 540 g/mol. The number of benzene rings is 2. The lowest BCUT2D eigenvalue weighted by Gasteiger charge is -2.27. The van der Waals surface area contributed by atoms with Gasteiger partial charge in [0.15, 0.2) is 5.82 Å². The molecule has 0 amide bonds. The lowest BCUT2D eigenvalue weighted by Crippen LogP contribution is -2.44. The molecule has 1 aliphatic rings. The van der Waals surface area contributed by atoms with E-state index in [1.807, 2.05) is 50.2 Å². The van der Waals surface area contributed by atoms with Crippen LogP contribution >= 0.6 is 11.3 Å². The summed E-state index contributed by atoms with van der Waals surface area (Å²) in [6.07, 6.45) is -0.711. The monoisotopic (exact) mass is 570 g/mol. The van der Waals surface area contributed by atoms with Gasteiger partial charge in [0.05, 0.1) is 24.3 Å². The molecule has 0 atom stereocenters. The maximum absolute atomic E-state index is 11.6. The Morgan fingerprint density at radius 2 is 1.59 bits per heavy atom. The summed E-state index contributed by atoms with van der Waals surface area (Å²) in [7, 11) is 0. The molecule has 1 fully saturated rings. The van der Waals surface area contributed by atoms with Crippen LogP contribution in [0.25, 0.3) is 42.9 Å². The van der Waals surface area contributed by atoms with Gasteiger partial charge in [-0.1, -0.05) is 36.4 Å². The maximum Gasteiger partial charge on any atom is 0.513 e. The van der Waals surface area contributed by atoms with Gasteiger partial charge in [0.2, 0.25) is 11.8 Å². The highest BCUT2D eigenvalue weighted by Crippen LogP contribution is 2.39. The van der Waals surface area contributed by atoms with Gasteiger partial charge in [-0.05, 0) is 44.0 Å². The van der Waals surface area contributed by atoms with E-state index in [0.717, 1.165) is 69.0 Å². The fourth-order valence-electron chi connectivity index (χ4n) is 4.81. The zero-order valence-corrected chi connectivity index (χ0v) is 24.0. The summed E-state index contributed by atoms with van der Waals surface area (Å²) in [4.78, 5) is 34.2. The van der Waals surface area contributed by atoms with Crippen LogP contribution in [-0.4, -0.2) is 65.5 Å². The first-order chi connectivity index (χ1) is 20.0. The first-order valence-electron chi connectivity index (χ1n) is 13.7. The van der Waals surface area contributed by atoms with Crippen molar-refractivity contribution in [2.75, 3.05) is 44.3 Å². The summed E-state index contributed by atoms with van der Waals surface area (Å²) in [6, 6.07) is 15.4. The second-order valence-electron chi connectivity index (χ2n) is 9.48. The molecule has 3 aromatic heterocycles. The van der Waals surface area contributed by atoms with Crippen LogP contribution in [0.3, 0.4) is 0 Å². The van der Waals surface area contributed by atoms with E-state index in [9.17, 15) is 4.79 Å². The lowest BCUT2D eigenvalue weighted by molar-refractivity contribution is 0.104. The first-order valence-corrected chi connectivity index (χ1v) is 14.5. The van der Waals surface area contributed by atoms with Gasteiger partial charge in [-0.15, -0.1) is 11.3 Å². The molecule has 0 unspecified atom stereocenters. The predicted molar refractivity (Wildman–Crippen MR) is 160 cm³/mol. The number of thiophene rings is 1. The van der Waals surface area contributed by atoms with Gasteiger partial charge in [-0.3, -0.25) is 0 Å². The van der Waals surface area contributed by atoms with Crippen molar-refractivity contribution in [1.82, 2.24) is 25.3 Å². The van der Waals surface area contributed by atoms with Crippen LogP contribution in [-0.2, 0) is 4.74 Å². The third kappa shape index (κ3) is 5.50. The number of aryl methyl sites for hydroxylation is 1. The molecule has 41 heavy (non-hydrogen) atoms. The molecular formula is C30H30N6O4S. The van der Waals surface area contributed by atoms with Crippen LogP contribution in [0.4, 0.5) is 10.7 Å². The van der Waals surface area contributed by atoms with Crippen molar-refractivity contribution in [2.45, 2.75) is 20.8 Å². The molecule has 4 heterocycles. The Morgan fingerprint density at radius 3 is 2.27 bits per heavy atom. The Hall–Kier alpha value is -4.35. The summed E-state index contributed by atoms with van der Waals surface area (Å²) >= 11 is 1.54. The Balaban J connectivity index is 1.31. The molecule has 0 bridgehead atoms. The number of ether oxygens (including phenoxy) is 3. The molecule has 1 N–H and O–H groups in total. The van der Waals surface area contributed by atoms with E-state index in [0.29, 0.717) is 30.0 Å². The fourth-order valence-corrected chi connectivity index (χ4v) is 5.92. The Bertz CT molecular complexity index is 1700. The zero-order valence-electron chi connectivity index (χ0n) is 23.1. The summed E-state index contributed by atoms with van der Waals surface area (Å²) in [5.41, 5.74) is 4.63. The second-order valence-corrected chi connectivity index (χ2v) is 10.5. The molecule has 0 aliphatic carbocycles. The number of carbonyl (C=O) groups excluding carboxylic acids is 1. The highest BCUT2D eigenvalue weighted by atomic mass is 32.1. The van der Waals surface area contributed by atoms with Crippen LogP contribution in [0, 0.1) is 6.92 Å². The van der Waals surface area contributed by atoms with Gasteiger partial charge in [0, 0.05) is 31.7 Å². The van der Waals surface area contributed by atoms with Crippen molar-refractivity contribution in [1.29, 1.82) is 0 Å². The molecule has 0 spiro atoms. The molecule has 5 aromatic rings. The van der Waals surface area contributed by atoms with Crippen LogP contribution < -0.4 is 19.7 Å². The largest absolute Gasteiger partial charge is 0.513 e. The molecule has 11 heteroatoms. The average Bonchev–Trinajstić information content (AvgIpc) is 3.38. The highest BCUT2D eigenvalue weighted by Gasteiger charge is 2.22. The van der Waals surface area contributed by atoms with Gasteiger partial charge in [-0.2, -0.15) is 4.98 Å². The minimum Gasteiger partial charge on any atom is -0.477 e.